The van der Waals surface area contributed by atoms with Crippen molar-refractivity contribution >= 4 is 11.8 Å². The van der Waals surface area contributed by atoms with E-state index in [1.165, 1.54) is 5.56 Å². The zero-order valence-electron chi connectivity index (χ0n) is 15.1. The van der Waals surface area contributed by atoms with Gasteiger partial charge in [-0.1, -0.05) is 19.1 Å². The summed E-state index contributed by atoms with van der Waals surface area (Å²) < 4.78 is 7.14. The fourth-order valence-corrected chi connectivity index (χ4v) is 3.15. The van der Waals surface area contributed by atoms with Crippen molar-refractivity contribution in [3.63, 3.8) is 0 Å². The Hall–Kier alpha value is -1.75. The van der Waals surface area contributed by atoms with Crippen LogP contribution in [-0.4, -0.2) is 16.4 Å². The molecule has 0 radical (unpaired) electrons. The average molecular weight is 346 g/mol. The number of hydrogen-bond donors (Lipinski definition) is 0. The highest BCUT2D eigenvalue weighted by Gasteiger charge is 2.18. The van der Waals surface area contributed by atoms with Gasteiger partial charge in [0.1, 0.15) is 5.75 Å². The van der Waals surface area contributed by atoms with E-state index in [1.54, 1.807) is 22.6 Å². The van der Waals surface area contributed by atoms with Gasteiger partial charge in [-0.05, 0) is 51.8 Å². The molecule has 0 spiro atoms. The van der Waals surface area contributed by atoms with Crippen molar-refractivity contribution in [2.45, 2.75) is 57.2 Å². The standard InChI is InChI=1S/C19H26N2O2S/c1-6-11-23-16-9-7-15(8-10-16)13-24-17-12-20-21(19(3,4)5)18(22)14(17)2/h7-10,12H,6,11,13H2,1-5H3. The van der Waals surface area contributed by atoms with Crippen molar-refractivity contribution < 1.29 is 4.74 Å². The predicted octanol–water partition coefficient (Wildman–Crippen LogP) is 4.39. The van der Waals surface area contributed by atoms with Crippen LogP contribution in [0.1, 0.15) is 45.2 Å². The maximum absolute atomic E-state index is 12.5. The molecule has 2 rings (SSSR count). The maximum Gasteiger partial charge on any atom is 0.271 e. The second-order valence-electron chi connectivity index (χ2n) is 6.80. The lowest BCUT2D eigenvalue weighted by atomic mass is 10.1. The summed E-state index contributed by atoms with van der Waals surface area (Å²) in [5.74, 6) is 1.70. The largest absolute Gasteiger partial charge is 0.494 e. The third-order valence-electron chi connectivity index (χ3n) is 3.60. The normalized spacial score (nSPS) is 11.5. The Bertz CT molecular complexity index is 731. The summed E-state index contributed by atoms with van der Waals surface area (Å²) in [7, 11) is 0. The van der Waals surface area contributed by atoms with Gasteiger partial charge in [-0.3, -0.25) is 4.79 Å². The van der Waals surface area contributed by atoms with Crippen LogP contribution in [0.25, 0.3) is 0 Å². The summed E-state index contributed by atoms with van der Waals surface area (Å²) >= 11 is 1.64. The second kappa shape index (κ2) is 7.88. The van der Waals surface area contributed by atoms with Crippen LogP contribution in [0.2, 0.25) is 0 Å². The van der Waals surface area contributed by atoms with Gasteiger partial charge in [0, 0.05) is 16.2 Å². The SMILES string of the molecule is CCCOc1ccc(CSc2cnn(C(C)(C)C)c(=O)c2C)cc1. The Morgan fingerprint density at radius 3 is 2.46 bits per heavy atom. The molecule has 4 nitrogen and oxygen atoms in total. The molecule has 0 saturated carbocycles. The first-order valence-electron chi connectivity index (χ1n) is 8.27. The maximum atomic E-state index is 12.5. The quantitative estimate of drug-likeness (QED) is 0.728. The van der Waals surface area contributed by atoms with Crippen molar-refractivity contribution in [2.24, 2.45) is 0 Å². The van der Waals surface area contributed by atoms with E-state index in [0.29, 0.717) is 0 Å². The first-order chi connectivity index (χ1) is 11.3. The molecule has 1 heterocycles. The molecule has 0 unspecified atom stereocenters. The smallest absolute Gasteiger partial charge is 0.271 e. The highest BCUT2D eigenvalue weighted by Crippen LogP contribution is 2.25. The first-order valence-corrected chi connectivity index (χ1v) is 9.25. The topological polar surface area (TPSA) is 44.1 Å². The summed E-state index contributed by atoms with van der Waals surface area (Å²) in [6.45, 7) is 10.6. The third kappa shape index (κ3) is 4.63. The highest BCUT2D eigenvalue weighted by atomic mass is 32.2. The molecule has 0 aliphatic rings. The number of aromatic nitrogens is 2. The summed E-state index contributed by atoms with van der Waals surface area (Å²) in [6.07, 6.45) is 2.80. The average Bonchev–Trinajstić information content (AvgIpc) is 2.54. The van der Waals surface area contributed by atoms with Crippen LogP contribution in [0, 0.1) is 6.92 Å². The van der Waals surface area contributed by atoms with Crippen molar-refractivity contribution in [3.8, 4) is 5.75 Å². The van der Waals surface area contributed by atoms with E-state index in [2.05, 4.69) is 24.2 Å². The minimum Gasteiger partial charge on any atom is -0.494 e. The van der Waals surface area contributed by atoms with Gasteiger partial charge in [0.15, 0.2) is 0 Å². The van der Waals surface area contributed by atoms with Crippen molar-refractivity contribution in [1.82, 2.24) is 9.78 Å². The molecule has 130 valence electrons. The number of thioether (sulfide) groups is 1. The van der Waals surface area contributed by atoms with Crippen LogP contribution in [0.4, 0.5) is 0 Å². The number of hydrogen-bond acceptors (Lipinski definition) is 4. The molecule has 24 heavy (non-hydrogen) atoms. The van der Waals surface area contributed by atoms with Crippen LogP contribution in [0.5, 0.6) is 5.75 Å². The number of nitrogens with zero attached hydrogens (tertiary/aromatic N) is 2. The number of rotatable bonds is 6. The minimum absolute atomic E-state index is 0.0178. The third-order valence-corrected chi connectivity index (χ3v) is 4.80. The van der Waals surface area contributed by atoms with Crippen LogP contribution >= 0.6 is 11.8 Å². The van der Waals surface area contributed by atoms with E-state index in [-0.39, 0.29) is 11.1 Å². The van der Waals surface area contributed by atoms with E-state index in [0.717, 1.165) is 35.0 Å². The van der Waals surface area contributed by atoms with Crippen molar-refractivity contribution in [3.05, 3.63) is 51.9 Å². The predicted molar refractivity (Wildman–Crippen MR) is 100 cm³/mol. The Morgan fingerprint density at radius 2 is 1.88 bits per heavy atom. The van der Waals surface area contributed by atoms with Gasteiger partial charge in [-0.2, -0.15) is 5.10 Å². The number of ether oxygens (including phenoxy) is 1. The van der Waals surface area contributed by atoms with Gasteiger partial charge in [-0.25, -0.2) is 4.68 Å². The van der Waals surface area contributed by atoms with E-state index >= 15 is 0 Å². The van der Waals surface area contributed by atoms with Gasteiger partial charge in [0.05, 0.1) is 18.3 Å². The lowest BCUT2D eigenvalue weighted by Gasteiger charge is -2.21. The van der Waals surface area contributed by atoms with E-state index < -0.39 is 0 Å². The molecule has 5 heteroatoms. The molecule has 1 aromatic heterocycles. The monoisotopic (exact) mass is 346 g/mol. The molecular formula is C19H26N2O2S. The Kier molecular flexibility index (Phi) is 6.10. The molecule has 0 bridgehead atoms. The molecule has 0 fully saturated rings. The van der Waals surface area contributed by atoms with Gasteiger partial charge in [0.25, 0.3) is 5.56 Å². The zero-order chi connectivity index (χ0) is 17.7. The van der Waals surface area contributed by atoms with Gasteiger partial charge < -0.3 is 4.74 Å². The summed E-state index contributed by atoms with van der Waals surface area (Å²) in [5, 5.41) is 4.33. The van der Waals surface area contributed by atoms with Crippen LogP contribution < -0.4 is 10.3 Å². The Labute approximate surface area is 148 Å². The fourth-order valence-electron chi connectivity index (χ4n) is 2.21. The lowest BCUT2D eigenvalue weighted by molar-refractivity contribution is 0.317. The Morgan fingerprint density at radius 1 is 1.21 bits per heavy atom. The fraction of sp³-hybridized carbons (Fsp3) is 0.474. The van der Waals surface area contributed by atoms with Crippen molar-refractivity contribution in [2.75, 3.05) is 6.61 Å². The van der Waals surface area contributed by atoms with Crippen LogP contribution in [-0.2, 0) is 11.3 Å². The van der Waals surface area contributed by atoms with Gasteiger partial charge in [-0.15, -0.1) is 11.8 Å². The Balaban J connectivity index is 2.07. The summed E-state index contributed by atoms with van der Waals surface area (Å²) in [6, 6.07) is 8.12. The summed E-state index contributed by atoms with van der Waals surface area (Å²) in [5.41, 5.74) is 1.63. The molecule has 0 atom stereocenters. The van der Waals surface area contributed by atoms with Gasteiger partial charge in [0.2, 0.25) is 0 Å². The highest BCUT2D eigenvalue weighted by molar-refractivity contribution is 7.98. The molecule has 0 aliphatic heterocycles. The molecule has 2 aromatic rings. The van der Waals surface area contributed by atoms with E-state index in [1.807, 2.05) is 39.8 Å². The van der Waals surface area contributed by atoms with Crippen LogP contribution in [0.3, 0.4) is 0 Å². The van der Waals surface area contributed by atoms with E-state index in [4.69, 9.17) is 4.74 Å². The summed E-state index contributed by atoms with van der Waals surface area (Å²) in [4.78, 5) is 13.4. The van der Waals surface area contributed by atoms with Crippen molar-refractivity contribution in [1.29, 1.82) is 0 Å². The molecule has 0 saturated heterocycles. The second-order valence-corrected chi connectivity index (χ2v) is 7.82. The molecule has 1 aromatic carbocycles. The lowest BCUT2D eigenvalue weighted by Crippen LogP contribution is -2.37. The molecule has 0 aliphatic carbocycles. The molecule has 0 amide bonds. The van der Waals surface area contributed by atoms with Gasteiger partial charge >= 0.3 is 0 Å². The number of benzene rings is 1. The molecular weight excluding hydrogens is 320 g/mol. The van der Waals surface area contributed by atoms with Crippen LogP contribution in [0.15, 0.2) is 40.2 Å². The first kappa shape index (κ1) is 18.6. The minimum atomic E-state index is -0.306. The zero-order valence-corrected chi connectivity index (χ0v) is 15.9. The van der Waals surface area contributed by atoms with E-state index in [9.17, 15) is 4.79 Å². The molecule has 0 N–H and O–H groups in total.